The van der Waals surface area contributed by atoms with E-state index >= 15 is 0 Å². The van der Waals surface area contributed by atoms with Crippen molar-refractivity contribution in [1.29, 1.82) is 0 Å². The summed E-state index contributed by atoms with van der Waals surface area (Å²) < 4.78 is 16.1. The van der Waals surface area contributed by atoms with E-state index in [1.54, 1.807) is 0 Å². The van der Waals surface area contributed by atoms with E-state index in [0.717, 1.165) is 73.2 Å². The predicted octanol–water partition coefficient (Wildman–Crippen LogP) is 12.7. The number of ether oxygens (including phenoxy) is 2. The number of fused-ring (bicyclic) bond motifs is 11. The highest BCUT2D eigenvalue weighted by Gasteiger charge is 2.51. The van der Waals surface area contributed by atoms with Gasteiger partial charge < -0.3 is 14.0 Å². The van der Waals surface area contributed by atoms with E-state index in [1.807, 2.05) is 0 Å². The first-order valence-corrected chi connectivity index (χ1v) is 17.8. The lowest BCUT2D eigenvalue weighted by Crippen LogP contribution is -2.37. The van der Waals surface area contributed by atoms with Crippen LogP contribution in [0.3, 0.4) is 0 Å². The first-order valence-electron chi connectivity index (χ1n) is 17.8. The molecule has 1 aromatic heterocycles. The van der Waals surface area contributed by atoms with Gasteiger partial charge in [0.2, 0.25) is 0 Å². The number of hydrogen-bond acceptors (Lipinski definition) is 2. The molecule has 0 saturated heterocycles. The summed E-state index contributed by atoms with van der Waals surface area (Å²) in [6.07, 6.45) is 0. The third-order valence-electron chi connectivity index (χ3n) is 10.9. The van der Waals surface area contributed by atoms with Crippen LogP contribution < -0.4 is 9.47 Å². The van der Waals surface area contributed by atoms with E-state index < -0.39 is 5.41 Å². The van der Waals surface area contributed by atoms with E-state index in [-0.39, 0.29) is 0 Å². The smallest absolute Gasteiger partial charge is 0.132 e. The number of para-hydroxylation sites is 4. The number of rotatable bonds is 3. The third kappa shape index (κ3) is 4.02. The Balaban J connectivity index is 1.18. The average molecular weight is 666 g/mol. The fourth-order valence-electron chi connectivity index (χ4n) is 8.77. The number of benzene rings is 8. The first kappa shape index (κ1) is 28.9. The number of nitrogens with zero attached hydrogens (tertiary/aromatic N) is 1. The van der Waals surface area contributed by atoms with Gasteiger partial charge in [-0.3, -0.25) is 0 Å². The van der Waals surface area contributed by atoms with E-state index in [2.05, 4.69) is 193 Å². The zero-order valence-electron chi connectivity index (χ0n) is 28.2. The predicted molar refractivity (Wildman–Crippen MR) is 210 cm³/mol. The minimum Gasteiger partial charge on any atom is -0.457 e. The minimum atomic E-state index is -0.691. The van der Waals surface area contributed by atoms with Crippen molar-refractivity contribution in [1.82, 2.24) is 4.57 Å². The maximum absolute atomic E-state index is 7.04. The first-order chi connectivity index (χ1) is 25.8. The Kier molecular flexibility index (Phi) is 6.17. The highest BCUT2D eigenvalue weighted by molar-refractivity contribution is 6.10. The SMILES string of the molecule is c1ccc(-c2cccc3c2C2(c4ccccc4Oc4ccccc42)c2ccc(-c4ccc5c6ccccc6n(-c6ccccc6)c5c4)cc2O3)cc1. The maximum atomic E-state index is 7.04. The Morgan fingerprint density at radius 2 is 0.942 bits per heavy atom. The molecule has 11 rings (SSSR count). The van der Waals surface area contributed by atoms with Crippen LogP contribution in [0.2, 0.25) is 0 Å². The molecule has 0 atom stereocenters. The van der Waals surface area contributed by atoms with Gasteiger partial charge in [0.05, 0.1) is 16.4 Å². The molecule has 0 unspecified atom stereocenters. The van der Waals surface area contributed by atoms with Crippen LogP contribution in [0.15, 0.2) is 188 Å². The van der Waals surface area contributed by atoms with E-state index in [0.29, 0.717) is 0 Å². The fourth-order valence-corrected chi connectivity index (χ4v) is 8.77. The Morgan fingerprint density at radius 1 is 0.365 bits per heavy atom. The van der Waals surface area contributed by atoms with Crippen LogP contribution in [0.25, 0.3) is 49.7 Å². The summed E-state index contributed by atoms with van der Waals surface area (Å²) in [6.45, 7) is 0. The molecule has 2 aliphatic heterocycles. The molecule has 0 amide bonds. The lowest BCUT2D eigenvalue weighted by molar-refractivity contribution is 0.400. The van der Waals surface area contributed by atoms with Gasteiger partial charge in [-0.25, -0.2) is 0 Å². The molecule has 0 N–H and O–H groups in total. The van der Waals surface area contributed by atoms with Gasteiger partial charge in [0.15, 0.2) is 0 Å². The van der Waals surface area contributed by atoms with Gasteiger partial charge in [-0.05, 0) is 70.8 Å². The van der Waals surface area contributed by atoms with Gasteiger partial charge in [0.1, 0.15) is 23.0 Å². The Hall–Kier alpha value is -6.84. The van der Waals surface area contributed by atoms with Crippen LogP contribution in [0, 0.1) is 0 Å². The molecule has 2 aliphatic rings. The van der Waals surface area contributed by atoms with Crippen LogP contribution in [0.4, 0.5) is 0 Å². The van der Waals surface area contributed by atoms with Gasteiger partial charge in [-0.15, -0.1) is 0 Å². The van der Waals surface area contributed by atoms with Gasteiger partial charge in [0.25, 0.3) is 0 Å². The summed E-state index contributed by atoms with van der Waals surface area (Å²) in [7, 11) is 0. The van der Waals surface area contributed by atoms with Crippen LogP contribution in [0.5, 0.6) is 23.0 Å². The summed E-state index contributed by atoms with van der Waals surface area (Å²) in [4.78, 5) is 0. The lowest BCUT2D eigenvalue weighted by Gasteiger charge is -2.45. The molecule has 9 aromatic rings. The molecule has 0 saturated carbocycles. The van der Waals surface area contributed by atoms with Crippen molar-refractivity contribution in [2.75, 3.05) is 0 Å². The van der Waals surface area contributed by atoms with Crippen molar-refractivity contribution in [3.8, 4) is 50.9 Å². The highest BCUT2D eigenvalue weighted by atomic mass is 16.5. The average Bonchev–Trinajstić information content (AvgIpc) is 3.54. The molecule has 1 spiro atoms. The molecule has 3 nitrogen and oxygen atoms in total. The van der Waals surface area contributed by atoms with E-state index in [1.165, 1.54) is 21.8 Å². The van der Waals surface area contributed by atoms with Crippen molar-refractivity contribution in [3.63, 3.8) is 0 Å². The van der Waals surface area contributed by atoms with Crippen molar-refractivity contribution in [2.24, 2.45) is 0 Å². The maximum Gasteiger partial charge on any atom is 0.132 e. The molecule has 3 heteroatoms. The standard InChI is InChI=1S/C49H31NO2/c1-3-14-32(15-4-1)36-19-13-25-46-48(36)49(39-20-8-11-23-44(39)51-45-24-12-9-21-40(45)49)41-29-27-34(31-47(41)52-46)33-26-28-38-37-18-7-10-22-42(37)50(43(38)30-33)35-16-5-2-6-17-35/h1-31H. The zero-order valence-corrected chi connectivity index (χ0v) is 28.2. The van der Waals surface area contributed by atoms with E-state index in [9.17, 15) is 0 Å². The molecular weight excluding hydrogens is 635 g/mol. The van der Waals surface area contributed by atoms with Crippen molar-refractivity contribution in [3.05, 3.63) is 210 Å². The zero-order chi connectivity index (χ0) is 34.2. The monoisotopic (exact) mass is 665 g/mol. The largest absolute Gasteiger partial charge is 0.457 e. The fraction of sp³-hybridized carbons (Fsp3) is 0.0204. The summed E-state index contributed by atoms with van der Waals surface area (Å²) in [6, 6.07) is 66.9. The second kappa shape index (κ2) is 11.1. The second-order valence-corrected chi connectivity index (χ2v) is 13.6. The topological polar surface area (TPSA) is 23.4 Å². The Bertz CT molecular complexity index is 2810. The number of aromatic nitrogens is 1. The molecule has 0 radical (unpaired) electrons. The van der Waals surface area contributed by atoms with Crippen molar-refractivity contribution in [2.45, 2.75) is 5.41 Å². The van der Waals surface area contributed by atoms with Gasteiger partial charge >= 0.3 is 0 Å². The van der Waals surface area contributed by atoms with Crippen LogP contribution >= 0.6 is 0 Å². The van der Waals surface area contributed by atoms with Crippen molar-refractivity contribution >= 4 is 21.8 Å². The quantitative estimate of drug-likeness (QED) is 0.187. The Labute approximate surface area is 301 Å². The molecular formula is C49H31NO2. The van der Waals surface area contributed by atoms with Gasteiger partial charge in [-0.1, -0.05) is 140 Å². The summed E-state index contributed by atoms with van der Waals surface area (Å²) in [5, 5.41) is 2.47. The molecule has 8 aromatic carbocycles. The highest BCUT2D eigenvalue weighted by Crippen LogP contribution is 2.63. The molecule has 244 valence electrons. The second-order valence-electron chi connectivity index (χ2n) is 13.6. The summed E-state index contributed by atoms with van der Waals surface area (Å²) in [5.74, 6) is 3.39. The number of hydrogen-bond donors (Lipinski definition) is 0. The molecule has 0 aliphatic carbocycles. The summed E-state index contributed by atoms with van der Waals surface area (Å²) in [5.41, 5.74) is 11.7. The Morgan fingerprint density at radius 3 is 1.73 bits per heavy atom. The summed E-state index contributed by atoms with van der Waals surface area (Å²) >= 11 is 0. The minimum absolute atomic E-state index is 0.691. The van der Waals surface area contributed by atoms with E-state index in [4.69, 9.17) is 9.47 Å². The van der Waals surface area contributed by atoms with Crippen molar-refractivity contribution < 1.29 is 9.47 Å². The van der Waals surface area contributed by atoms with Gasteiger partial charge in [0, 0.05) is 38.7 Å². The van der Waals surface area contributed by atoms with Gasteiger partial charge in [-0.2, -0.15) is 0 Å². The molecule has 0 bridgehead atoms. The molecule has 52 heavy (non-hydrogen) atoms. The van der Waals surface area contributed by atoms with Crippen LogP contribution in [-0.2, 0) is 5.41 Å². The lowest BCUT2D eigenvalue weighted by atomic mass is 9.61. The van der Waals surface area contributed by atoms with Crippen LogP contribution in [0.1, 0.15) is 22.3 Å². The van der Waals surface area contributed by atoms with Crippen LogP contribution in [-0.4, -0.2) is 4.57 Å². The normalized spacial score (nSPS) is 13.5. The third-order valence-corrected chi connectivity index (χ3v) is 10.9. The molecule has 0 fully saturated rings. The molecule has 3 heterocycles.